The molecule has 1 aliphatic carbocycles. The number of likely N-dealkylation sites (tertiary alicyclic amines) is 1. The van der Waals surface area contributed by atoms with Crippen LogP contribution in [0.1, 0.15) is 74.6 Å². The molecule has 28 heavy (non-hydrogen) atoms. The van der Waals surface area contributed by atoms with Gasteiger partial charge in [0, 0.05) is 31.2 Å². The van der Waals surface area contributed by atoms with Gasteiger partial charge in [-0.05, 0) is 62.6 Å². The number of benzene rings is 1. The van der Waals surface area contributed by atoms with Crippen LogP contribution in [0, 0.1) is 5.92 Å². The Morgan fingerprint density at radius 3 is 2.36 bits per heavy atom. The van der Waals surface area contributed by atoms with E-state index in [2.05, 4.69) is 0 Å². The van der Waals surface area contributed by atoms with Crippen molar-refractivity contribution >= 4 is 15.9 Å². The SMILES string of the molecule is O=C(c1cccc(S(=O)(=O)N2CCCCCC2)c1)N1CCCC2CCCCC21. The summed E-state index contributed by atoms with van der Waals surface area (Å²) in [5, 5.41) is 0. The van der Waals surface area contributed by atoms with E-state index in [9.17, 15) is 13.2 Å². The summed E-state index contributed by atoms with van der Waals surface area (Å²) in [6.45, 7) is 1.95. The number of sulfonamides is 1. The molecule has 154 valence electrons. The molecule has 6 heteroatoms. The minimum Gasteiger partial charge on any atom is -0.335 e. The first-order valence-corrected chi connectivity index (χ1v) is 12.4. The van der Waals surface area contributed by atoms with Crippen molar-refractivity contribution in [2.45, 2.75) is 75.1 Å². The third-order valence-corrected chi connectivity index (χ3v) is 8.68. The summed E-state index contributed by atoms with van der Waals surface area (Å²) < 4.78 is 27.8. The molecule has 2 atom stereocenters. The monoisotopic (exact) mass is 404 g/mol. The van der Waals surface area contributed by atoms with Gasteiger partial charge in [0.1, 0.15) is 0 Å². The van der Waals surface area contributed by atoms with Crippen molar-refractivity contribution in [1.82, 2.24) is 9.21 Å². The Hall–Kier alpha value is -1.40. The highest BCUT2D eigenvalue weighted by Crippen LogP contribution is 2.36. The number of carbonyl (C=O) groups is 1. The molecule has 0 aromatic heterocycles. The quantitative estimate of drug-likeness (QED) is 0.764. The molecule has 1 amide bonds. The highest BCUT2D eigenvalue weighted by Gasteiger charge is 2.36. The number of hydrogen-bond acceptors (Lipinski definition) is 3. The lowest BCUT2D eigenvalue weighted by Gasteiger charge is -2.44. The lowest BCUT2D eigenvalue weighted by atomic mass is 9.78. The minimum absolute atomic E-state index is 0.00418. The van der Waals surface area contributed by atoms with Crippen LogP contribution in [0.25, 0.3) is 0 Å². The zero-order valence-electron chi connectivity index (χ0n) is 16.7. The Bertz CT molecular complexity index is 798. The molecule has 2 aliphatic heterocycles. The fourth-order valence-electron chi connectivity index (χ4n) is 5.26. The second kappa shape index (κ2) is 8.54. The summed E-state index contributed by atoms with van der Waals surface area (Å²) in [6.07, 6.45) is 11.0. The number of amides is 1. The van der Waals surface area contributed by atoms with Crippen molar-refractivity contribution in [3.63, 3.8) is 0 Å². The van der Waals surface area contributed by atoms with Gasteiger partial charge in [-0.2, -0.15) is 4.31 Å². The highest BCUT2D eigenvalue weighted by atomic mass is 32.2. The molecule has 3 aliphatic rings. The van der Waals surface area contributed by atoms with E-state index in [1.54, 1.807) is 28.6 Å². The smallest absolute Gasteiger partial charge is 0.254 e. The first kappa shape index (κ1) is 19.9. The molecule has 2 unspecified atom stereocenters. The van der Waals surface area contributed by atoms with E-state index in [1.807, 2.05) is 4.90 Å². The number of rotatable bonds is 3. The van der Waals surface area contributed by atoms with Gasteiger partial charge in [0.15, 0.2) is 0 Å². The summed E-state index contributed by atoms with van der Waals surface area (Å²) in [5.41, 5.74) is 0.516. The van der Waals surface area contributed by atoms with E-state index in [4.69, 9.17) is 0 Å². The molecule has 0 bridgehead atoms. The maximum atomic E-state index is 13.3. The molecule has 0 N–H and O–H groups in total. The van der Waals surface area contributed by atoms with Gasteiger partial charge in [0.2, 0.25) is 10.0 Å². The second-order valence-corrected chi connectivity index (χ2v) is 10.5. The molecular formula is C22H32N2O3S. The number of carbonyl (C=O) groups excluding carboxylic acids is 1. The second-order valence-electron chi connectivity index (χ2n) is 8.60. The summed E-state index contributed by atoms with van der Waals surface area (Å²) in [4.78, 5) is 15.6. The van der Waals surface area contributed by atoms with Crippen molar-refractivity contribution in [1.29, 1.82) is 0 Å². The van der Waals surface area contributed by atoms with E-state index in [0.717, 1.165) is 45.1 Å². The van der Waals surface area contributed by atoms with E-state index < -0.39 is 10.0 Å². The van der Waals surface area contributed by atoms with E-state index >= 15 is 0 Å². The van der Waals surface area contributed by atoms with Crippen LogP contribution in [-0.4, -0.2) is 49.2 Å². The van der Waals surface area contributed by atoms with Crippen LogP contribution in [0.15, 0.2) is 29.2 Å². The molecule has 0 radical (unpaired) electrons. The Morgan fingerprint density at radius 1 is 0.857 bits per heavy atom. The molecule has 1 aromatic rings. The van der Waals surface area contributed by atoms with E-state index in [1.165, 1.54) is 25.7 Å². The van der Waals surface area contributed by atoms with Crippen LogP contribution in [0.2, 0.25) is 0 Å². The van der Waals surface area contributed by atoms with E-state index in [-0.39, 0.29) is 10.8 Å². The zero-order chi connectivity index (χ0) is 19.6. The van der Waals surface area contributed by atoms with Crippen LogP contribution < -0.4 is 0 Å². The molecule has 2 heterocycles. The zero-order valence-corrected chi connectivity index (χ0v) is 17.5. The van der Waals surface area contributed by atoms with Gasteiger partial charge in [-0.25, -0.2) is 8.42 Å². The molecule has 1 aromatic carbocycles. The molecule has 5 nitrogen and oxygen atoms in total. The van der Waals surface area contributed by atoms with Crippen molar-refractivity contribution in [2.75, 3.05) is 19.6 Å². The van der Waals surface area contributed by atoms with Crippen LogP contribution in [0.4, 0.5) is 0 Å². The van der Waals surface area contributed by atoms with Gasteiger partial charge < -0.3 is 4.90 Å². The fraction of sp³-hybridized carbons (Fsp3) is 0.682. The van der Waals surface area contributed by atoms with Crippen molar-refractivity contribution in [3.05, 3.63) is 29.8 Å². The average molecular weight is 405 g/mol. The molecular weight excluding hydrogens is 372 g/mol. The first-order chi connectivity index (χ1) is 13.6. The van der Waals surface area contributed by atoms with Crippen molar-refractivity contribution < 1.29 is 13.2 Å². The lowest BCUT2D eigenvalue weighted by Crippen LogP contribution is -2.49. The summed E-state index contributed by atoms with van der Waals surface area (Å²) in [7, 11) is -3.53. The first-order valence-electron chi connectivity index (χ1n) is 11.0. The predicted molar refractivity (Wildman–Crippen MR) is 110 cm³/mol. The Kier molecular flexibility index (Phi) is 6.07. The van der Waals surface area contributed by atoms with Gasteiger partial charge in [-0.1, -0.05) is 31.7 Å². The summed E-state index contributed by atoms with van der Waals surface area (Å²) in [6, 6.07) is 7.07. The number of hydrogen-bond donors (Lipinski definition) is 0. The summed E-state index contributed by atoms with van der Waals surface area (Å²) in [5.74, 6) is 0.625. The van der Waals surface area contributed by atoms with Gasteiger partial charge >= 0.3 is 0 Å². The van der Waals surface area contributed by atoms with Crippen LogP contribution in [-0.2, 0) is 10.0 Å². The highest BCUT2D eigenvalue weighted by molar-refractivity contribution is 7.89. The largest absolute Gasteiger partial charge is 0.335 e. The van der Waals surface area contributed by atoms with Crippen LogP contribution in [0.5, 0.6) is 0 Å². The van der Waals surface area contributed by atoms with Gasteiger partial charge in [0.25, 0.3) is 5.91 Å². The predicted octanol–water partition coefficient (Wildman–Crippen LogP) is 4.05. The maximum Gasteiger partial charge on any atom is 0.254 e. The lowest BCUT2D eigenvalue weighted by molar-refractivity contribution is 0.0390. The molecule has 4 rings (SSSR count). The molecule has 2 saturated heterocycles. The Labute approximate surface area is 169 Å². The molecule has 1 saturated carbocycles. The summed E-state index contributed by atoms with van der Waals surface area (Å²) >= 11 is 0. The van der Waals surface area contributed by atoms with Crippen molar-refractivity contribution in [3.8, 4) is 0 Å². The number of piperidine rings is 1. The number of nitrogens with zero attached hydrogens (tertiary/aromatic N) is 2. The maximum absolute atomic E-state index is 13.3. The normalized spacial score (nSPS) is 27.1. The Balaban J connectivity index is 1.57. The average Bonchev–Trinajstić information content (AvgIpc) is 3.03. The van der Waals surface area contributed by atoms with Crippen LogP contribution in [0.3, 0.4) is 0 Å². The fourth-order valence-corrected chi connectivity index (χ4v) is 6.83. The number of fused-ring (bicyclic) bond motifs is 1. The van der Waals surface area contributed by atoms with Gasteiger partial charge in [-0.15, -0.1) is 0 Å². The van der Waals surface area contributed by atoms with Gasteiger partial charge in [0.05, 0.1) is 4.90 Å². The van der Waals surface area contributed by atoms with Crippen LogP contribution >= 0.6 is 0 Å². The standard InChI is InChI=1S/C22H32N2O3S/c25-22(24-16-8-11-18-9-3-4-13-21(18)24)19-10-7-12-20(17-19)28(26,27)23-14-5-1-2-6-15-23/h7,10,12,17-18,21H,1-6,8-9,11,13-16H2. The van der Waals surface area contributed by atoms with Gasteiger partial charge in [-0.3, -0.25) is 4.79 Å². The third kappa shape index (κ3) is 3.99. The van der Waals surface area contributed by atoms with E-state index in [0.29, 0.717) is 30.6 Å². The molecule has 0 spiro atoms. The Morgan fingerprint density at radius 2 is 1.57 bits per heavy atom. The molecule has 3 fully saturated rings. The van der Waals surface area contributed by atoms with Crippen molar-refractivity contribution in [2.24, 2.45) is 5.92 Å². The topological polar surface area (TPSA) is 57.7 Å². The minimum atomic E-state index is -3.53. The third-order valence-electron chi connectivity index (χ3n) is 6.79.